The highest BCUT2D eigenvalue weighted by molar-refractivity contribution is 6.30. The summed E-state index contributed by atoms with van der Waals surface area (Å²) in [5.41, 5.74) is 3.16. The first kappa shape index (κ1) is 17.8. The van der Waals surface area contributed by atoms with Crippen molar-refractivity contribution in [2.75, 3.05) is 29.9 Å². The van der Waals surface area contributed by atoms with Gasteiger partial charge in [-0.05, 0) is 61.7 Å². The molecule has 0 spiro atoms. The molecule has 2 aromatic rings. The zero-order valence-electron chi connectivity index (χ0n) is 14.5. The topological polar surface area (TPSA) is 44.4 Å². The number of amides is 1. The van der Waals surface area contributed by atoms with Crippen LogP contribution in [0.5, 0.6) is 0 Å². The molecule has 0 aliphatic carbocycles. The molecule has 1 aliphatic heterocycles. The number of nitrogens with one attached hydrogen (secondary N) is 2. The van der Waals surface area contributed by atoms with Gasteiger partial charge in [-0.15, -0.1) is 0 Å². The second kappa shape index (κ2) is 8.37. The quantitative estimate of drug-likeness (QED) is 0.813. The average Bonchev–Trinajstić information content (AvgIpc) is 3.15. The third-order valence-electron chi connectivity index (χ3n) is 4.56. The minimum Gasteiger partial charge on any atom is -0.372 e. The fourth-order valence-electron chi connectivity index (χ4n) is 3.05. The number of carbonyl (C=O) groups excluding carboxylic acids is 1. The highest BCUT2D eigenvalue weighted by Gasteiger charge is 2.12. The van der Waals surface area contributed by atoms with Crippen molar-refractivity contribution in [3.05, 3.63) is 59.1 Å². The van der Waals surface area contributed by atoms with E-state index >= 15 is 0 Å². The van der Waals surface area contributed by atoms with Crippen molar-refractivity contribution < 1.29 is 4.79 Å². The van der Waals surface area contributed by atoms with Gasteiger partial charge in [0.2, 0.25) is 5.91 Å². The van der Waals surface area contributed by atoms with Crippen LogP contribution in [0.1, 0.15) is 31.4 Å². The standard InChI is InChI=1S/C20H24ClN3O/c1-15(16-4-6-17(21)7-5-16)22-14-20(25)23-18-8-10-19(11-9-18)24-12-2-3-13-24/h4-11,15,22H,2-3,12-14H2,1H3,(H,23,25)/t15-/m1/s1. The lowest BCUT2D eigenvalue weighted by molar-refractivity contribution is -0.115. The zero-order valence-corrected chi connectivity index (χ0v) is 15.2. The Balaban J connectivity index is 1.47. The van der Waals surface area contributed by atoms with Gasteiger partial charge in [-0.1, -0.05) is 23.7 Å². The van der Waals surface area contributed by atoms with Gasteiger partial charge in [0.05, 0.1) is 6.54 Å². The van der Waals surface area contributed by atoms with Crippen molar-refractivity contribution in [3.8, 4) is 0 Å². The Morgan fingerprint density at radius 3 is 2.36 bits per heavy atom. The van der Waals surface area contributed by atoms with Crippen LogP contribution in [0.2, 0.25) is 5.02 Å². The van der Waals surface area contributed by atoms with E-state index in [4.69, 9.17) is 11.6 Å². The lowest BCUT2D eigenvalue weighted by atomic mass is 10.1. The summed E-state index contributed by atoms with van der Waals surface area (Å²) in [5, 5.41) is 6.88. The normalized spacial score (nSPS) is 15.2. The second-order valence-corrected chi connectivity index (χ2v) is 6.88. The van der Waals surface area contributed by atoms with Crippen LogP contribution in [-0.2, 0) is 4.79 Å². The Morgan fingerprint density at radius 2 is 1.72 bits per heavy atom. The molecule has 1 amide bonds. The lowest BCUT2D eigenvalue weighted by Crippen LogP contribution is -2.30. The van der Waals surface area contributed by atoms with Gasteiger partial charge in [0.1, 0.15) is 0 Å². The van der Waals surface area contributed by atoms with Crippen LogP contribution in [-0.4, -0.2) is 25.5 Å². The summed E-state index contributed by atoms with van der Waals surface area (Å²) in [4.78, 5) is 14.5. The molecule has 1 fully saturated rings. The molecule has 1 aliphatic rings. The van der Waals surface area contributed by atoms with E-state index in [2.05, 4.69) is 27.7 Å². The molecule has 0 bridgehead atoms. The summed E-state index contributed by atoms with van der Waals surface area (Å²) >= 11 is 5.90. The third kappa shape index (κ3) is 4.97. The number of anilines is 2. The smallest absolute Gasteiger partial charge is 0.238 e. The maximum atomic E-state index is 12.1. The molecule has 2 aromatic carbocycles. The molecule has 1 saturated heterocycles. The van der Waals surface area contributed by atoms with Gasteiger partial charge in [0, 0.05) is 35.5 Å². The fourth-order valence-corrected chi connectivity index (χ4v) is 3.18. The first-order valence-corrected chi connectivity index (χ1v) is 9.13. The molecule has 1 heterocycles. The molecule has 0 saturated carbocycles. The highest BCUT2D eigenvalue weighted by atomic mass is 35.5. The largest absolute Gasteiger partial charge is 0.372 e. The van der Waals surface area contributed by atoms with Crippen LogP contribution in [0, 0.1) is 0 Å². The number of halogens is 1. The number of benzene rings is 2. The maximum absolute atomic E-state index is 12.1. The molecular formula is C20H24ClN3O. The van der Waals surface area contributed by atoms with E-state index in [0.29, 0.717) is 5.02 Å². The summed E-state index contributed by atoms with van der Waals surface area (Å²) in [5.74, 6) is -0.0465. The molecule has 4 nitrogen and oxygen atoms in total. The van der Waals surface area contributed by atoms with Crippen LogP contribution < -0.4 is 15.5 Å². The van der Waals surface area contributed by atoms with Crippen molar-refractivity contribution in [1.82, 2.24) is 5.32 Å². The monoisotopic (exact) mass is 357 g/mol. The van der Waals surface area contributed by atoms with E-state index in [1.807, 2.05) is 43.3 Å². The van der Waals surface area contributed by atoms with Crippen molar-refractivity contribution in [2.45, 2.75) is 25.8 Å². The van der Waals surface area contributed by atoms with Crippen LogP contribution in [0.15, 0.2) is 48.5 Å². The molecule has 132 valence electrons. The lowest BCUT2D eigenvalue weighted by Gasteiger charge is -2.18. The Kier molecular flexibility index (Phi) is 5.95. The van der Waals surface area contributed by atoms with Crippen LogP contribution in [0.25, 0.3) is 0 Å². The van der Waals surface area contributed by atoms with E-state index < -0.39 is 0 Å². The van der Waals surface area contributed by atoms with Crippen LogP contribution in [0.3, 0.4) is 0 Å². The van der Waals surface area contributed by atoms with Crippen LogP contribution >= 0.6 is 11.6 Å². The molecule has 5 heteroatoms. The predicted molar refractivity (Wildman–Crippen MR) is 104 cm³/mol. The van der Waals surface area contributed by atoms with Gasteiger partial charge in [-0.3, -0.25) is 4.79 Å². The zero-order chi connectivity index (χ0) is 17.6. The second-order valence-electron chi connectivity index (χ2n) is 6.44. The summed E-state index contributed by atoms with van der Waals surface area (Å²) in [7, 11) is 0. The van der Waals surface area contributed by atoms with E-state index in [-0.39, 0.29) is 18.5 Å². The minimum atomic E-state index is -0.0465. The van der Waals surface area contributed by atoms with Gasteiger partial charge >= 0.3 is 0 Å². The summed E-state index contributed by atoms with van der Waals surface area (Å²) in [6, 6.07) is 15.8. The molecule has 0 unspecified atom stereocenters. The Hall–Kier alpha value is -2.04. The van der Waals surface area contributed by atoms with E-state index in [1.54, 1.807) is 0 Å². The van der Waals surface area contributed by atoms with Gasteiger partial charge in [-0.2, -0.15) is 0 Å². The van der Waals surface area contributed by atoms with Crippen molar-refractivity contribution in [1.29, 1.82) is 0 Å². The summed E-state index contributed by atoms with van der Waals surface area (Å²) in [6.45, 7) is 4.54. The highest BCUT2D eigenvalue weighted by Crippen LogP contribution is 2.22. The average molecular weight is 358 g/mol. The Labute approximate surface area is 154 Å². The van der Waals surface area contributed by atoms with Crippen molar-refractivity contribution in [2.24, 2.45) is 0 Å². The Morgan fingerprint density at radius 1 is 1.08 bits per heavy atom. The number of carbonyl (C=O) groups is 1. The van der Waals surface area contributed by atoms with Crippen molar-refractivity contribution in [3.63, 3.8) is 0 Å². The first-order chi connectivity index (χ1) is 12.1. The fraction of sp³-hybridized carbons (Fsp3) is 0.350. The van der Waals surface area contributed by atoms with Gasteiger partial charge in [0.15, 0.2) is 0 Å². The minimum absolute atomic E-state index is 0.0465. The molecule has 0 aromatic heterocycles. The molecule has 25 heavy (non-hydrogen) atoms. The third-order valence-corrected chi connectivity index (χ3v) is 4.81. The molecular weight excluding hydrogens is 334 g/mol. The van der Waals surface area contributed by atoms with E-state index in [0.717, 1.165) is 24.3 Å². The molecule has 1 atom stereocenters. The van der Waals surface area contributed by atoms with Gasteiger partial charge < -0.3 is 15.5 Å². The molecule has 2 N–H and O–H groups in total. The predicted octanol–water partition coefficient (Wildman–Crippen LogP) is 4.23. The first-order valence-electron chi connectivity index (χ1n) is 8.75. The van der Waals surface area contributed by atoms with Gasteiger partial charge in [-0.25, -0.2) is 0 Å². The van der Waals surface area contributed by atoms with Crippen LogP contribution in [0.4, 0.5) is 11.4 Å². The number of hydrogen-bond acceptors (Lipinski definition) is 3. The van der Waals surface area contributed by atoms with E-state index in [9.17, 15) is 4.79 Å². The van der Waals surface area contributed by atoms with E-state index in [1.165, 1.54) is 18.5 Å². The number of rotatable bonds is 6. The maximum Gasteiger partial charge on any atom is 0.238 e. The summed E-state index contributed by atoms with van der Waals surface area (Å²) < 4.78 is 0. The number of hydrogen-bond donors (Lipinski definition) is 2. The number of nitrogens with zero attached hydrogens (tertiary/aromatic N) is 1. The molecule has 0 radical (unpaired) electrons. The summed E-state index contributed by atoms with van der Waals surface area (Å²) in [6.07, 6.45) is 2.52. The SMILES string of the molecule is C[C@@H](NCC(=O)Nc1ccc(N2CCCC2)cc1)c1ccc(Cl)cc1. The van der Waals surface area contributed by atoms with Crippen molar-refractivity contribution >= 4 is 28.9 Å². The van der Waals surface area contributed by atoms with Gasteiger partial charge in [0.25, 0.3) is 0 Å². The molecule has 3 rings (SSSR count). The Bertz CT molecular complexity index is 694.